The van der Waals surface area contributed by atoms with Crippen molar-refractivity contribution in [2.45, 2.75) is 19.1 Å². The zero-order valence-corrected chi connectivity index (χ0v) is 5.74. The molecule has 0 bridgehead atoms. The van der Waals surface area contributed by atoms with E-state index >= 15 is 0 Å². The minimum absolute atomic E-state index is 0.00824. The average molecular weight is 146 g/mol. The van der Waals surface area contributed by atoms with Crippen molar-refractivity contribution in [3.05, 3.63) is 0 Å². The summed E-state index contributed by atoms with van der Waals surface area (Å²) in [4.78, 5) is 10.2. The third-order valence-corrected chi connectivity index (χ3v) is 1.35. The lowest BCUT2D eigenvalue weighted by Gasteiger charge is -2.27. The molecule has 1 heterocycles. The van der Waals surface area contributed by atoms with Crippen LogP contribution in [0.4, 0.5) is 0 Å². The summed E-state index contributed by atoms with van der Waals surface area (Å²) in [5.41, 5.74) is 0. The van der Waals surface area contributed by atoms with Crippen LogP contribution < -0.4 is 0 Å². The molecule has 0 saturated carbocycles. The van der Waals surface area contributed by atoms with Gasteiger partial charge in [-0.15, -0.1) is 0 Å². The zero-order chi connectivity index (χ0) is 7.56. The fourth-order valence-corrected chi connectivity index (χ4v) is 0.640. The lowest BCUT2D eigenvalue weighted by atomic mass is 10.3. The van der Waals surface area contributed by atoms with Gasteiger partial charge in [0.05, 0.1) is 13.2 Å². The van der Waals surface area contributed by atoms with Crippen molar-refractivity contribution in [3.8, 4) is 0 Å². The second kappa shape index (κ2) is 2.98. The number of aliphatic carboxylic acids is 1. The van der Waals surface area contributed by atoms with Crippen molar-refractivity contribution < 1.29 is 19.4 Å². The highest BCUT2D eigenvalue weighted by Gasteiger charge is 2.24. The molecule has 1 N–H and O–H groups in total. The van der Waals surface area contributed by atoms with E-state index in [2.05, 4.69) is 0 Å². The molecule has 0 amide bonds. The van der Waals surface area contributed by atoms with E-state index in [4.69, 9.17) is 14.6 Å². The molecule has 4 heteroatoms. The molecular formula is C6H10O4. The van der Waals surface area contributed by atoms with Gasteiger partial charge in [0.1, 0.15) is 6.10 Å². The molecule has 1 aliphatic rings. The summed E-state index contributed by atoms with van der Waals surface area (Å²) in [5, 5.41) is 8.38. The van der Waals surface area contributed by atoms with Crippen molar-refractivity contribution >= 4 is 5.97 Å². The predicted octanol–water partition coefficient (Wildman–Crippen LogP) is -0.125. The summed E-state index contributed by atoms with van der Waals surface area (Å²) in [7, 11) is 0. The number of carboxylic acids is 1. The third-order valence-electron chi connectivity index (χ3n) is 1.35. The number of hydrogen-bond donors (Lipinski definition) is 1. The van der Waals surface area contributed by atoms with Gasteiger partial charge in [0.25, 0.3) is 0 Å². The number of carboxylic acid groups (broad SMARTS) is 1. The van der Waals surface area contributed by atoms with E-state index in [1.165, 1.54) is 6.92 Å². The van der Waals surface area contributed by atoms with Crippen LogP contribution in [0, 0.1) is 0 Å². The van der Waals surface area contributed by atoms with E-state index in [1.807, 2.05) is 0 Å². The molecule has 58 valence electrons. The summed E-state index contributed by atoms with van der Waals surface area (Å²) >= 11 is 0. The van der Waals surface area contributed by atoms with Gasteiger partial charge in [-0.1, -0.05) is 0 Å². The van der Waals surface area contributed by atoms with Gasteiger partial charge in [-0.2, -0.15) is 0 Å². The number of rotatable bonds is 3. The third kappa shape index (κ3) is 1.68. The summed E-state index contributed by atoms with van der Waals surface area (Å²) < 4.78 is 9.82. The molecule has 0 aliphatic carbocycles. The van der Waals surface area contributed by atoms with Gasteiger partial charge in [0, 0.05) is 0 Å². The maximum absolute atomic E-state index is 10.2. The van der Waals surface area contributed by atoms with Crippen LogP contribution in [0.1, 0.15) is 6.92 Å². The molecule has 0 radical (unpaired) electrons. The number of carbonyl (C=O) groups is 1. The van der Waals surface area contributed by atoms with E-state index in [0.29, 0.717) is 13.2 Å². The van der Waals surface area contributed by atoms with Crippen LogP contribution in [-0.2, 0) is 14.3 Å². The molecule has 1 saturated heterocycles. The first-order valence-electron chi connectivity index (χ1n) is 3.16. The molecular weight excluding hydrogens is 136 g/mol. The Labute approximate surface area is 58.7 Å². The molecule has 0 unspecified atom stereocenters. The normalized spacial score (nSPS) is 21.7. The van der Waals surface area contributed by atoms with Crippen LogP contribution >= 0.6 is 0 Å². The van der Waals surface area contributed by atoms with Crippen LogP contribution in [-0.4, -0.2) is 36.5 Å². The Kier molecular flexibility index (Phi) is 2.24. The highest BCUT2D eigenvalue weighted by Crippen LogP contribution is 2.07. The fraction of sp³-hybridized carbons (Fsp3) is 0.833. The second-order valence-corrected chi connectivity index (χ2v) is 2.28. The Morgan fingerprint density at radius 2 is 2.40 bits per heavy atom. The quantitative estimate of drug-likeness (QED) is 0.602. The van der Waals surface area contributed by atoms with E-state index < -0.39 is 12.1 Å². The van der Waals surface area contributed by atoms with Crippen LogP contribution in [0.5, 0.6) is 0 Å². The van der Waals surface area contributed by atoms with Crippen LogP contribution in [0.3, 0.4) is 0 Å². The van der Waals surface area contributed by atoms with Gasteiger partial charge in [0.15, 0.2) is 6.10 Å². The maximum Gasteiger partial charge on any atom is 0.332 e. The molecule has 1 aliphatic heterocycles. The molecule has 0 aromatic rings. The van der Waals surface area contributed by atoms with Gasteiger partial charge in [-0.05, 0) is 6.92 Å². The second-order valence-electron chi connectivity index (χ2n) is 2.28. The van der Waals surface area contributed by atoms with Crippen molar-refractivity contribution in [2.24, 2.45) is 0 Å². The average Bonchev–Trinajstić information content (AvgIpc) is 1.77. The van der Waals surface area contributed by atoms with Gasteiger partial charge >= 0.3 is 5.97 Å². The predicted molar refractivity (Wildman–Crippen MR) is 32.8 cm³/mol. The molecule has 0 aromatic heterocycles. The Bertz CT molecular complexity index is 130. The SMILES string of the molecule is C[C@@H](OC1COC1)C(=O)O. The largest absolute Gasteiger partial charge is 0.479 e. The zero-order valence-electron chi connectivity index (χ0n) is 5.74. The summed E-state index contributed by atoms with van der Waals surface area (Å²) in [6.45, 7) is 2.57. The van der Waals surface area contributed by atoms with E-state index in [9.17, 15) is 4.79 Å². The Balaban J connectivity index is 2.16. The number of ether oxygens (including phenoxy) is 2. The molecule has 0 aromatic carbocycles. The van der Waals surface area contributed by atoms with Crippen LogP contribution in [0.2, 0.25) is 0 Å². The van der Waals surface area contributed by atoms with Gasteiger partial charge in [0.2, 0.25) is 0 Å². The Morgan fingerprint density at radius 1 is 1.80 bits per heavy atom. The Morgan fingerprint density at radius 3 is 2.70 bits per heavy atom. The van der Waals surface area contributed by atoms with Crippen LogP contribution in [0.25, 0.3) is 0 Å². The highest BCUT2D eigenvalue weighted by molar-refractivity contribution is 5.71. The summed E-state index contributed by atoms with van der Waals surface area (Å²) in [6, 6.07) is 0. The molecule has 0 spiro atoms. The van der Waals surface area contributed by atoms with E-state index in [1.54, 1.807) is 0 Å². The smallest absolute Gasteiger partial charge is 0.332 e. The van der Waals surface area contributed by atoms with Crippen molar-refractivity contribution in [2.75, 3.05) is 13.2 Å². The molecule has 1 rings (SSSR count). The lowest BCUT2D eigenvalue weighted by molar-refractivity contribution is -0.176. The minimum atomic E-state index is -0.924. The van der Waals surface area contributed by atoms with Crippen molar-refractivity contribution in [1.82, 2.24) is 0 Å². The topological polar surface area (TPSA) is 55.8 Å². The first-order chi connectivity index (χ1) is 4.70. The van der Waals surface area contributed by atoms with Crippen LogP contribution in [0.15, 0.2) is 0 Å². The van der Waals surface area contributed by atoms with E-state index in [-0.39, 0.29) is 6.10 Å². The molecule has 1 fully saturated rings. The molecule has 1 atom stereocenters. The molecule has 4 nitrogen and oxygen atoms in total. The standard InChI is InChI=1S/C6H10O4/c1-4(6(7)8)10-5-2-9-3-5/h4-5H,2-3H2,1H3,(H,7,8)/t4-/m1/s1. The van der Waals surface area contributed by atoms with Crippen molar-refractivity contribution in [3.63, 3.8) is 0 Å². The van der Waals surface area contributed by atoms with Gasteiger partial charge < -0.3 is 14.6 Å². The Hall–Kier alpha value is -0.610. The fourth-order valence-electron chi connectivity index (χ4n) is 0.640. The van der Waals surface area contributed by atoms with Gasteiger partial charge in [-0.25, -0.2) is 4.79 Å². The first kappa shape index (κ1) is 7.50. The van der Waals surface area contributed by atoms with E-state index in [0.717, 1.165) is 0 Å². The maximum atomic E-state index is 10.2. The first-order valence-corrected chi connectivity index (χ1v) is 3.16. The highest BCUT2D eigenvalue weighted by atomic mass is 16.6. The summed E-state index contributed by atoms with van der Waals surface area (Å²) in [5.74, 6) is -0.924. The van der Waals surface area contributed by atoms with Crippen molar-refractivity contribution in [1.29, 1.82) is 0 Å². The molecule has 10 heavy (non-hydrogen) atoms. The number of hydrogen-bond acceptors (Lipinski definition) is 3. The minimum Gasteiger partial charge on any atom is -0.479 e. The summed E-state index contributed by atoms with van der Waals surface area (Å²) in [6.07, 6.45) is -0.722. The monoisotopic (exact) mass is 146 g/mol. The van der Waals surface area contributed by atoms with Gasteiger partial charge in [-0.3, -0.25) is 0 Å². The lowest BCUT2D eigenvalue weighted by Crippen LogP contribution is -2.40.